The molecule has 1 saturated heterocycles. The number of likely N-dealkylation sites (N-methyl/N-ethyl adjacent to an activating group) is 1. The van der Waals surface area contributed by atoms with Gasteiger partial charge in [0.25, 0.3) is 6.54 Å². The van der Waals surface area contributed by atoms with Crippen molar-refractivity contribution in [3.05, 3.63) is 30.0 Å². The molecule has 0 unspecified atom stereocenters. The molecule has 0 radical (unpaired) electrons. The SMILES string of the molecule is [2H]c1nc(N(C)[C@@]2([2H])CN(C(=O)C[N+]#[C-])CC[C@@]2([2H])C([2H])([2H])[2H])c2c([2H])c[nH]c2n1. The molecule has 1 aliphatic heterocycles. The lowest BCUT2D eigenvalue weighted by Crippen LogP contribution is -2.53. The van der Waals surface area contributed by atoms with Crippen molar-refractivity contribution in [2.24, 2.45) is 5.89 Å². The molecule has 23 heavy (non-hydrogen) atoms. The number of rotatable bonds is 3. The van der Waals surface area contributed by atoms with Crippen LogP contribution in [0.3, 0.4) is 0 Å². The van der Waals surface area contributed by atoms with Crippen LogP contribution in [0, 0.1) is 12.5 Å². The Morgan fingerprint density at radius 3 is 3.39 bits per heavy atom. The van der Waals surface area contributed by atoms with Crippen molar-refractivity contribution in [1.29, 1.82) is 0 Å². The van der Waals surface area contributed by atoms with Crippen LogP contribution in [0.4, 0.5) is 5.82 Å². The molecule has 1 fully saturated rings. The minimum atomic E-state index is -2.87. The summed E-state index contributed by atoms with van der Waals surface area (Å²) in [5.41, 5.74) is 0.173. The number of amides is 1. The summed E-state index contributed by atoms with van der Waals surface area (Å²) in [6.45, 7) is 3.07. The Bertz CT molecular complexity index is 1030. The maximum Gasteiger partial charge on any atom is 0.302 e. The standard InChI is InChI=1S/C16H20N6O/c1-11-5-7-22(14(23)8-17-2)9-13(11)21(3)16-12-4-6-18-15(12)19-10-20-16/h4,6,10-11,13H,5,7-9H2,1,3H3,(H,18,19,20)/t11-,13+/m1/s1/i1D3,4D,10D,11D,13D. The Labute approximate surface area is 145 Å². The van der Waals surface area contributed by atoms with Gasteiger partial charge in [-0.3, -0.25) is 4.79 Å². The van der Waals surface area contributed by atoms with E-state index in [9.17, 15) is 4.79 Å². The highest BCUT2D eigenvalue weighted by atomic mass is 16.2. The quantitative estimate of drug-likeness (QED) is 0.872. The zero-order valence-electron chi connectivity index (χ0n) is 19.6. The van der Waals surface area contributed by atoms with Gasteiger partial charge < -0.3 is 19.6 Å². The fourth-order valence-electron chi connectivity index (χ4n) is 2.56. The third-order valence-electron chi connectivity index (χ3n) is 3.81. The molecule has 120 valence electrons. The molecule has 2 aromatic rings. The van der Waals surface area contributed by atoms with Crippen molar-refractivity contribution in [1.82, 2.24) is 19.9 Å². The van der Waals surface area contributed by atoms with Crippen LogP contribution in [0.1, 0.15) is 22.9 Å². The summed E-state index contributed by atoms with van der Waals surface area (Å²) < 4.78 is 57.6. The number of piperidine rings is 1. The number of hydrogen-bond donors (Lipinski definition) is 1. The van der Waals surface area contributed by atoms with Crippen molar-refractivity contribution < 1.29 is 14.4 Å². The van der Waals surface area contributed by atoms with Crippen LogP contribution in [0.2, 0.25) is 0 Å². The lowest BCUT2D eigenvalue weighted by Gasteiger charge is -2.41. The van der Waals surface area contributed by atoms with Gasteiger partial charge in [0.1, 0.15) is 19.1 Å². The normalized spacial score (nSPS) is 32.5. The number of H-pyrrole nitrogens is 1. The first-order valence-electron chi connectivity index (χ1n) is 10.5. The molecule has 1 aliphatic rings. The van der Waals surface area contributed by atoms with Crippen LogP contribution >= 0.6 is 0 Å². The Kier molecular flexibility index (Phi) is 2.41. The van der Waals surface area contributed by atoms with Crippen LogP contribution < -0.4 is 4.90 Å². The number of likely N-dealkylation sites (tertiary alicyclic amines) is 1. The molecule has 0 bridgehead atoms. The monoisotopic (exact) mass is 319 g/mol. The second-order valence-corrected chi connectivity index (χ2v) is 5.17. The van der Waals surface area contributed by atoms with E-state index in [0.717, 1.165) is 4.90 Å². The molecular weight excluding hydrogens is 292 g/mol. The predicted molar refractivity (Wildman–Crippen MR) is 87.9 cm³/mol. The van der Waals surface area contributed by atoms with E-state index >= 15 is 0 Å². The molecule has 1 N–H and O–H groups in total. The summed E-state index contributed by atoms with van der Waals surface area (Å²) >= 11 is 0. The van der Waals surface area contributed by atoms with Crippen LogP contribution in [0.5, 0.6) is 0 Å². The topological polar surface area (TPSA) is 69.5 Å². The average Bonchev–Trinajstić information content (AvgIpc) is 3.02. The van der Waals surface area contributed by atoms with Gasteiger partial charge in [0.2, 0.25) is 0 Å². The van der Waals surface area contributed by atoms with Crippen molar-refractivity contribution in [2.75, 3.05) is 31.6 Å². The van der Waals surface area contributed by atoms with E-state index in [0.29, 0.717) is 0 Å². The van der Waals surface area contributed by atoms with Crippen LogP contribution in [-0.4, -0.2) is 58.5 Å². The maximum atomic E-state index is 12.3. The summed E-state index contributed by atoms with van der Waals surface area (Å²) in [5, 5.41) is 0.178. The third-order valence-corrected chi connectivity index (χ3v) is 3.81. The fraction of sp³-hybridized carbons (Fsp3) is 0.500. The molecule has 3 heterocycles. The van der Waals surface area contributed by atoms with E-state index in [1.54, 1.807) is 0 Å². The molecule has 0 aromatic carbocycles. The summed E-state index contributed by atoms with van der Waals surface area (Å²) in [6, 6.07) is -2.22. The summed E-state index contributed by atoms with van der Waals surface area (Å²) in [4.78, 5) is 28.3. The summed E-state index contributed by atoms with van der Waals surface area (Å²) in [5.74, 6) is -2.91. The van der Waals surface area contributed by atoms with E-state index < -0.39 is 44.1 Å². The van der Waals surface area contributed by atoms with E-state index in [1.807, 2.05) is 0 Å². The Hall–Kier alpha value is -2.62. The minimum absolute atomic E-state index is 0.0170. The molecule has 1 amide bonds. The van der Waals surface area contributed by atoms with Crippen LogP contribution in [-0.2, 0) is 4.79 Å². The molecule has 2 aromatic heterocycles. The smallest absolute Gasteiger partial charge is 0.302 e. The van der Waals surface area contributed by atoms with Crippen molar-refractivity contribution in [2.45, 2.75) is 19.3 Å². The third kappa shape index (κ3) is 2.84. The molecule has 0 spiro atoms. The molecule has 0 aliphatic carbocycles. The van der Waals surface area contributed by atoms with Gasteiger partial charge in [0, 0.05) is 31.8 Å². The van der Waals surface area contributed by atoms with Gasteiger partial charge in [-0.1, -0.05) is 6.85 Å². The zero-order chi connectivity index (χ0) is 22.5. The highest BCUT2D eigenvalue weighted by Gasteiger charge is 2.33. The number of aromatic nitrogens is 3. The highest BCUT2D eigenvalue weighted by molar-refractivity contribution is 5.87. The first-order valence-corrected chi connectivity index (χ1v) is 7.03. The molecule has 7 nitrogen and oxygen atoms in total. The maximum absolute atomic E-state index is 12.3. The Morgan fingerprint density at radius 2 is 2.61 bits per heavy atom. The molecule has 2 atom stereocenters. The number of anilines is 1. The van der Waals surface area contributed by atoms with Gasteiger partial charge >= 0.3 is 5.91 Å². The van der Waals surface area contributed by atoms with Crippen molar-refractivity contribution >= 4 is 22.8 Å². The number of aromatic amines is 1. The number of carbonyl (C=O) groups excluding carboxylic acids is 1. The number of nitrogens with zero attached hydrogens (tertiary/aromatic N) is 5. The second kappa shape index (κ2) is 6.24. The molecule has 3 rings (SSSR count). The molecule has 7 heteroatoms. The highest BCUT2D eigenvalue weighted by Crippen LogP contribution is 2.28. The number of carbonyl (C=O) groups is 1. The zero-order valence-corrected chi connectivity index (χ0v) is 12.6. The van der Waals surface area contributed by atoms with Crippen molar-refractivity contribution in [3.8, 4) is 0 Å². The first kappa shape index (κ1) is 8.87. The van der Waals surface area contributed by atoms with Gasteiger partial charge in [-0.15, -0.1) is 0 Å². The van der Waals surface area contributed by atoms with Gasteiger partial charge in [-0.25, -0.2) is 16.5 Å². The second-order valence-electron chi connectivity index (χ2n) is 5.17. The summed E-state index contributed by atoms with van der Waals surface area (Å²) in [7, 11) is 1.36. The molecule has 0 saturated carbocycles. The van der Waals surface area contributed by atoms with E-state index in [1.165, 1.54) is 18.1 Å². The van der Waals surface area contributed by atoms with E-state index in [-0.39, 0.29) is 35.9 Å². The number of nitrogens with one attached hydrogen (secondary N) is 1. The number of fused-ring (bicyclic) bond motifs is 1. The fourth-order valence-corrected chi connectivity index (χ4v) is 2.56. The van der Waals surface area contributed by atoms with Gasteiger partial charge in [-0.05, 0) is 18.4 Å². The van der Waals surface area contributed by atoms with Crippen molar-refractivity contribution in [3.63, 3.8) is 0 Å². The lowest BCUT2D eigenvalue weighted by atomic mass is 9.92. The molecular formula is C16H20N6O. The predicted octanol–water partition coefficient (Wildman–Crippen LogP) is 1.55. The van der Waals surface area contributed by atoms with Gasteiger partial charge in [0.15, 0.2) is 0 Å². The largest absolute Gasteiger partial charge is 0.354 e. The Balaban J connectivity index is 2.18. The van der Waals surface area contributed by atoms with Gasteiger partial charge in [0.05, 0.1) is 14.1 Å². The minimum Gasteiger partial charge on any atom is -0.354 e. The summed E-state index contributed by atoms with van der Waals surface area (Å²) in [6.07, 6.45) is 0.608. The lowest BCUT2D eigenvalue weighted by molar-refractivity contribution is -0.130. The van der Waals surface area contributed by atoms with E-state index in [2.05, 4.69) is 19.8 Å². The van der Waals surface area contributed by atoms with E-state index in [4.69, 9.17) is 16.2 Å². The van der Waals surface area contributed by atoms with Crippen LogP contribution in [0.15, 0.2) is 18.5 Å². The van der Waals surface area contributed by atoms with Gasteiger partial charge in [-0.2, -0.15) is 0 Å². The first-order chi connectivity index (χ1) is 13.9. The number of hydrogen-bond acceptors (Lipinski definition) is 4. The van der Waals surface area contributed by atoms with Crippen LogP contribution in [0.25, 0.3) is 15.9 Å². The average molecular weight is 319 g/mol. The Morgan fingerprint density at radius 1 is 1.74 bits per heavy atom.